The van der Waals surface area contributed by atoms with Crippen molar-refractivity contribution in [2.24, 2.45) is 5.41 Å². The number of nitrogens with zero attached hydrogens (tertiary/aromatic N) is 4. The highest BCUT2D eigenvalue weighted by Crippen LogP contribution is 2.43. The van der Waals surface area contributed by atoms with E-state index in [1.807, 2.05) is 0 Å². The average Bonchev–Trinajstić information content (AvgIpc) is 3.15. The van der Waals surface area contributed by atoms with Crippen molar-refractivity contribution in [3.8, 4) is 0 Å². The number of aromatic nitrogens is 2. The minimum Gasteiger partial charge on any atom is -0.393 e. The summed E-state index contributed by atoms with van der Waals surface area (Å²) >= 11 is 1.71. The number of piperidine rings is 2. The quantitative estimate of drug-likeness (QED) is 0.876. The van der Waals surface area contributed by atoms with Crippen molar-refractivity contribution >= 4 is 22.4 Å². The van der Waals surface area contributed by atoms with Crippen LogP contribution in [-0.4, -0.2) is 57.9 Å². The minimum absolute atomic E-state index is 0.164. The minimum atomic E-state index is -0.164. The third-order valence-electron chi connectivity index (χ3n) is 6.66. The molecule has 3 aliphatic rings. The molecule has 1 aromatic rings. The predicted octanol–water partition coefficient (Wildman–Crippen LogP) is 2.61. The molecule has 0 bridgehead atoms. The standard InChI is InChI=1S/C19H30N4O2S/c1-2-16-20-21-18(26-16)22-11-9-19(10-12-22)8-7-17(25)23(13-19)14-3-5-15(24)6-4-14/h14-15,24H,2-13H2,1H3. The van der Waals surface area contributed by atoms with Crippen molar-refractivity contribution in [2.45, 2.75) is 76.9 Å². The van der Waals surface area contributed by atoms with E-state index in [1.165, 1.54) is 0 Å². The first kappa shape index (κ1) is 18.2. The lowest BCUT2D eigenvalue weighted by Crippen LogP contribution is -2.55. The van der Waals surface area contributed by atoms with Gasteiger partial charge in [0.25, 0.3) is 0 Å². The normalized spacial score (nSPS) is 29.4. The smallest absolute Gasteiger partial charge is 0.222 e. The van der Waals surface area contributed by atoms with Crippen LogP contribution in [0, 0.1) is 5.41 Å². The Morgan fingerprint density at radius 2 is 1.88 bits per heavy atom. The molecule has 0 unspecified atom stereocenters. The van der Waals surface area contributed by atoms with E-state index in [-0.39, 0.29) is 11.5 Å². The van der Waals surface area contributed by atoms with Crippen LogP contribution >= 0.6 is 11.3 Å². The summed E-state index contributed by atoms with van der Waals surface area (Å²) in [5.74, 6) is 0.330. The van der Waals surface area contributed by atoms with Crippen LogP contribution < -0.4 is 4.90 Å². The highest BCUT2D eigenvalue weighted by Gasteiger charge is 2.43. The lowest BCUT2D eigenvalue weighted by Gasteiger charge is -2.50. The van der Waals surface area contributed by atoms with Gasteiger partial charge in [0.05, 0.1) is 6.10 Å². The molecule has 1 aromatic heterocycles. The molecule has 3 heterocycles. The summed E-state index contributed by atoms with van der Waals surface area (Å²) in [6.07, 6.45) is 8.36. The van der Waals surface area contributed by atoms with E-state index in [0.717, 1.165) is 81.1 Å². The van der Waals surface area contributed by atoms with E-state index >= 15 is 0 Å². The van der Waals surface area contributed by atoms with Gasteiger partial charge in [-0.05, 0) is 56.8 Å². The van der Waals surface area contributed by atoms with E-state index in [0.29, 0.717) is 18.4 Å². The molecular formula is C19H30N4O2S. The first-order valence-electron chi connectivity index (χ1n) is 10.1. The number of anilines is 1. The second kappa shape index (κ2) is 7.43. The maximum atomic E-state index is 12.6. The van der Waals surface area contributed by atoms with Gasteiger partial charge in [0, 0.05) is 32.1 Å². The maximum Gasteiger partial charge on any atom is 0.222 e. The first-order chi connectivity index (χ1) is 12.6. The number of likely N-dealkylation sites (tertiary alicyclic amines) is 1. The molecule has 0 atom stereocenters. The zero-order valence-corrected chi connectivity index (χ0v) is 16.5. The molecule has 4 rings (SSSR count). The summed E-state index contributed by atoms with van der Waals surface area (Å²) < 4.78 is 0. The Bertz CT molecular complexity index is 633. The summed E-state index contributed by atoms with van der Waals surface area (Å²) in [6.45, 7) is 5.07. The molecule has 2 aliphatic heterocycles. The summed E-state index contributed by atoms with van der Waals surface area (Å²) in [5.41, 5.74) is 0.277. The number of aliphatic hydroxyl groups excluding tert-OH is 1. The number of amides is 1. The summed E-state index contributed by atoms with van der Waals surface area (Å²) in [6, 6.07) is 0.344. The zero-order chi connectivity index (χ0) is 18.1. The molecule has 144 valence electrons. The third-order valence-corrected chi connectivity index (χ3v) is 7.78. The van der Waals surface area contributed by atoms with Gasteiger partial charge in [0.15, 0.2) is 0 Å². The van der Waals surface area contributed by atoms with Crippen molar-refractivity contribution in [2.75, 3.05) is 24.5 Å². The number of hydrogen-bond acceptors (Lipinski definition) is 6. The molecule has 0 radical (unpaired) electrons. The molecule has 1 amide bonds. The van der Waals surface area contributed by atoms with E-state index < -0.39 is 0 Å². The second-order valence-electron chi connectivity index (χ2n) is 8.30. The molecule has 1 spiro atoms. The monoisotopic (exact) mass is 378 g/mol. The van der Waals surface area contributed by atoms with Crippen LogP contribution in [0.3, 0.4) is 0 Å². The number of hydrogen-bond donors (Lipinski definition) is 1. The molecule has 1 saturated carbocycles. The van der Waals surface area contributed by atoms with Gasteiger partial charge in [0.2, 0.25) is 11.0 Å². The SMILES string of the molecule is CCc1nnc(N2CCC3(CCC(=O)N(C4CCC(O)CC4)C3)CC2)s1. The Balaban J connectivity index is 1.39. The third kappa shape index (κ3) is 3.60. The van der Waals surface area contributed by atoms with Gasteiger partial charge < -0.3 is 14.9 Å². The highest BCUT2D eigenvalue weighted by atomic mass is 32.1. The van der Waals surface area contributed by atoms with Gasteiger partial charge >= 0.3 is 0 Å². The molecule has 7 heteroatoms. The number of rotatable bonds is 3. The van der Waals surface area contributed by atoms with E-state index in [2.05, 4.69) is 26.9 Å². The van der Waals surface area contributed by atoms with E-state index in [4.69, 9.17) is 0 Å². The molecule has 6 nitrogen and oxygen atoms in total. The Morgan fingerprint density at radius 1 is 1.15 bits per heavy atom. The first-order valence-corrected chi connectivity index (χ1v) is 10.9. The van der Waals surface area contributed by atoms with Crippen molar-refractivity contribution in [1.29, 1.82) is 0 Å². The zero-order valence-electron chi connectivity index (χ0n) is 15.7. The van der Waals surface area contributed by atoms with Crippen LogP contribution in [0.2, 0.25) is 0 Å². The maximum absolute atomic E-state index is 12.6. The van der Waals surface area contributed by atoms with Gasteiger partial charge in [-0.15, -0.1) is 10.2 Å². The van der Waals surface area contributed by atoms with E-state index in [9.17, 15) is 9.90 Å². The van der Waals surface area contributed by atoms with Gasteiger partial charge in [-0.2, -0.15) is 0 Å². The lowest BCUT2D eigenvalue weighted by atomic mass is 9.71. The Kier molecular flexibility index (Phi) is 5.19. The summed E-state index contributed by atoms with van der Waals surface area (Å²) in [4.78, 5) is 17.1. The molecule has 2 saturated heterocycles. The van der Waals surface area contributed by atoms with Crippen molar-refractivity contribution < 1.29 is 9.90 Å². The van der Waals surface area contributed by atoms with Gasteiger partial charge in [0.1, 0.15) is 5.01 Å². The topological polar surface area (TPSA) is 69.6 Å². The number of carbonyl (C=O) groups is 1. The highest BCUT2D eigenvalue weighted by molar-refractivity contribution is 7.15. The number of aryl methyl sites for hydroxylation is 1. The van der Waals surface area contributed by atoms with Crippen LogP contribution in [0.15, 0.2) is 0 Å². The fourth-order valence-corrected chi connectivity index (χ4v) is 5.67. The molecule has 1 N–H and O–H groups in total. The number of aliphatic hydroxyl groups is 1. The fraction of sp³-hybridized carbons (Fsp3) is 0.842. The van der Waals surface area contributed by atoms with Crippen LogP contribution in [0.4, 0.5) is 5.13 Å². The summed E-state index contributed by atoms with van der Waals surface area (Å²) in [7, 11) is 0. The molecule has 3 fully saturated rings. The van der Waals surface area contributed by atoms with E-state index in [1.54, 1.807) is 11.3 Å². The van der Waals surface area contributed by atoms with Gasteiger partial charge in [-0.3, -0.25) is 4.79 Å². The summed E-state index contributed by atoms with van der Waals surface area (Å²) in [5, 5.41) is 20.5. The average molecular weight is 379 g/mol. The second-order valence-corrected chi connectivity index (χ2v) is 9.34. The molecule has 1 aliphatic carbocycles. The van der Waals surface area contributed by atoms with Crippen LogP contribution in [0.1, 0.15) is 63.3 Å². The predicted molar refractivity (Wildman–Crippen MR) is 102 cm³/mol. The van der Waals surface area contributed by atoms with Crippen LogP contribution in [0.25, 0.3) is 0 Å². The largest absolute Gasteiger partial charge is 0.393 e. The van der Waals surface area contributed by atoms with Gasteiger partial charge in [-0.25, -0.2) is 0 Å². The number of carbonyl (C=O) groups excluding carboxylic acids is 1. The van der Waals surface area contributed by atoms with Crippen molar-refractivity contribution in [3.05, 3.63) is 5.01 Å². The molecule has 26 heavy (non-hydrogen) atoms. The Labute approximate surface area is 159 Å². The van der Waals surface area contributed by atoms with Crippen LogP contribution in [0.5, 0.6) is 0 Å². The molecule has 0 aromatic carbocycles. The fourth-order valence-electron chi connectivity index (χ4n) is 4.84. The van der Waals surface area contributed by atoms with Crippen LogP contribution in [-0.2, 0) is 11.2 Å². The Hall–Kier alpha value is -1.21. The lowest BCUT2D eigenvalue weighted by molar-refractivity contribution is -0.142. The van der Waals surface area contributed by atoms with Crippen molar-refractivity contribution in [1.82, 2.24) is 15.1 Å². The van der Waals surface area contributed by atoms with Crippen molar-refractivity contribution in [3.63, 3.8) is 0 Å². The molecular weight excluding hydrogens is 348 g/mol. The van der Waals surface area contributed by atoms with Gasteiger partial charge in [-0.1, -0.05) is 18.3 Å². The Morgan fingerprint density at radius 3 is 2.54 bits per heavy atom.